The number of nitriles is 1. The van der Waals surface area contributed by atoms with Crippen molar-refractivity contribution >= 4 is 16.8 Å². The minimum absolute atomic E-state index is 0.0209. The highest BCUT2D eigenvalue weighted by Crippen LogP contribution is 2.19. The molecule has 0 bridgehead atoms. The Hall–Kier alpha value is -2.28. The van der Waals surface area contributed by atoms with E-state index < -0.39 is 0 Å². The number of aryl methyl sites for hydroxylation is 1. The Balaban J connectivity index is 1.81. The van der Waals surface area contributed by atoms with Gasteiger partial charge >= 0.3 is 0 Å². The summed E-state index contributed by atoms with van der Waals surface area (Å²) in [6.45, 7) is 1.85. The van der Waals surface area contributed by atoms with E-state index in [-0.39, 0.29) is 11.9 Å². The lowest BCUT2D eigenvalue weighted by Gasteiger charge is -2.09. The summed E-state index contributed by atoms with van der Waals surface area (Å²) in [6, 6.07) is 10.2. The molecule has 2 rings (SSSR count). The van der Waals surface area contributed by atoms with Gasteiger partial charge in [0.05, 0.1) is 12.5 Å². The third-order valence-corrected chi connectivity index (χ3v) is 3.33. The average molecular weight is 269 g/mol. The molecule has 104 valence electrons. The van der Waals surface area contributed by atoms with Gasteiger partial charge in [-0.15, -0.1) is 0 Å². The van der Waals surface area contributed by atoms with Crippen LogP contribution in [-0.2, 0) is 11.2 Å². The van der Waals surface area contributed by atoms with Crippen molar-refractivity contribution in [3.8, 4) is 6.07 Å². The zero-order chi connectivity index (χ0) is 14.4. The summed E-state index contributed by atoms with van der Waals surface area (Å²) in [4.78, 5) is 14.9. The Kier molecular flexibility index (Phi) is 4.78. The van der Waals surface area contributed by atoms with Gasteiger partial charge in [0.1, 0.15) is 0 Å². The van der Waals surface area contributed by atoms with Gasteiger partial charge in [0, 0.05) is 29.6 Å². The molecule has 2 aromatic rings. The number of fused-ring (bicyclic) bond motifs is 1. The molecule has 1 atom stereocenters. The Labute approximate surface area is 118 Å². The van der Waals surface area contributed by atoms with E-state index in [0.29, 0.717) is 12.8 Å². The summed E-state index contributed by atoms with van der Waals surface area (Å²) >= 11 is 0. The quantitative estimate of drug-likeness (QED) is 0.846. The first-order chi connectivity index (χ1) is 9.70. The fourth-order valence-electron chi connectivity index (χ4n) is 2.31. The van der Waals surface area contributed by atoms with E-state index in [1.807, 2.05) is 25.3 Å². The molecular formula is C16H19N3O. The second-order valence-electron chi connectivity index (χ2n) is 5.04. The number of amides is 1. The standard InChI is InChI=1S/C16H19N3O/c1-12(9-10-17)19-16(20)8-4-5-13-11-18-15-7-3-2-6-14(13)15/h2-3,6-7,11-12,18H,4-5,8-9H2,1H3,(H,19,20). The van der Waals surface area contributed by atoms with Crippen molar-refractivity contribution in [2.24, 2.45) is 0 Å². The lowest BCUT2D eigenvalue weighted by molar-refractivity contribution is -0.121. The summed E-state index contributed by atoms with van der Waals surface area (Å²) in [5.74, 6) is 0.0209. The van der Waals surface area contributed by atoms with Gasteiger partial charge in [-0.2, -0.15) is 5.26 Å². The van der Waals surface area contributed by atoms with E-state index in [2.05, 4.69) is 28.5 Å². The van der Waals surface area contributed by atoms with Crippen LogP contribution in [0.4, 0.5) is 0 Å². The van der Waals surface area contributed by atoms with Crippen molar-refractivity contribution in [3.63, 3.8) is 0 Å². The maximum Gasteiger partial charge on any atom is 0.220 e. The number of aromatic nitrogens is 1. The van der Waals surface area contributed by atoms with Crippen LogP contribution in [0, 0.1) is 11.3 Å². The van der Waals surface area contributed by atoms with Crippen LogP contribution in [0.1, 0.15) is 31.7 Å². The number of carbonyl (C=O) groups is 1. The van der Waals surface area contributed by atoms with Crippen molar-refractivity contribution in [2.75, 3.05) is 0 Å². The first-order valence-corrected chi connectivity index (χ1v) is 6.92. The molecule has 0 fully saturated rings. The molecule has 0 saturated heterocycles. The Bertz CT molecular complexity index is 624. The number of nitrogens with one attached hydrogen (secondary N) is 2. The maximum absolute atomic E-state index is 11.7. The van der Waals surface area contributed by atoms with Crippen LogP contribution in [0.5, 0.6) is 0 Å². The minimum atomic E-state index is -0.0689. The Morgan fingerprint density at radius 2 is 2.25 bits per heavy atom. The largest absolute Gasteiger partial charge is 0.361 e. The molecule has 0 radical (unpaired) electrons. The number of rotatable bonds is 6. The third-order valence-electron chi connectivity index (χ3n) is 3.33. The third kappa shape index (κ3) is 3.61. The highest BCUT2D eigenvalue weighted by molar-refractivity contribution is 5.83. The van der Waals surface area contributed by atoms with Crippen LogP contribution in [-0.4, -0.2) is 16.9 Å². The number of hydrogen-bond acceptors (Lipinski definition) is 2. The Morgan fingerprint density at radius 1 is 1.45 bits per heavy atom. The Morgan fingerprint density at radius 3 is 3.05 bits per heavy atom. The molecule has 0 aliphatic rings. The van der Waals surface area contributed by atoms with Gasteiger partial charge in [0.2, 0.25) is 5.91 Å². The summed E-state index contributed by atoms with van der Waals surface area (Å²) in [5.41, 5.74) is 2.38. The summed E-state index contributed by atoms with van der Waals surface area (Å²) < 4.78 is 0. The highest BCUT2D eigenvalue weighted by Gasteiger charge is 2.08. The van der Waals surface area contributed by atoms with Gasteiger partial charge in [0.25, 0.3) is 0 Å². The number of hydrogen-bond donors (Lipinski definition) is 2. The maximum atomic E-state index is 11.7. The number of benzene rings is 1. The van der Waals surface area contributed by atoms with Crippen molar-refractivity contribution in [1.82, 2.24) is 10.3 Å². The van der Waals surface area contributed by atoms with Crippen molar-refractivity contribution in [1.29, 1.82) is 5.26 Å². The molecule has 0 saturated carbocycles. The van der Waals surface area contributed by atoms with Gasteiger partial charge < -0.3 is 10.3 Å². The lowest BCUT2D eigenvalue weighted by atomic mass is 10.1. The molecule has 1 amide bonds. The molecule has 0 aliphatic carbocycles. The first kappa shape index (κ1) is 14.1. The fourth-order valence-corrected chi connectivity index (χ4v) is 2.31. The van der Waals surface area contributed by atoms with E-state index in [1.165, 1.54) is 10.9 Å². The van der Waals surface area contributed by atoms with Crippen LogP contribution in [0.2, 0.25) is 0 Å². The molecular weight excluding hydrogens is 250 g/mol. The van der Waals surface area contributed by atoms with Crippen molar-refractivity contribution in [2.45, 2.75) is 38.6 Å². The number of nitrogens with zero attached hydrogens (tertiary/aromatic N) is 1. The van der Waals surface area contributed by atoms with Crippen molar-refractivity contribution < 1.29 is 4.79 Å². The van der Waals surface area contributed by atoms with E-state index >= 15 is 0 Å². The number of para-hydroxylation sites is 1. The van der Waals surface area contributed by atoms with Crippen molar-refractivity contribution in [3.05, 3.63) is 36.0 Å². The molecule has 1 aromatic carbocycles. The number of H-pyrrole nitrogens is 1. The fraction of sp³-hybridized carbons (Fsp3) is 0.375. The summed E-state index contributed by atoms with van der Waals surface area (Å²) in [6.07, 6.45) is 4.56. The minimum Gasteiger partial charge on any atom is -0.361 e. The normalized spacial score (nSPS) is 12.0. The SMILES string of the molecule is CC(CC#N)NC(=O)CCCc1c[nH]c2ccccc12. The first-order valence-electron chi connectivity index (χ1n) is 6.92. The monoisotopic (exact) mass is 269 g/mol. The van der Waals surface area contributed by atoms with Crippen LogP contribution in [0.25, 0.3) is 10.9 Å². The number of aromatic amines is 1. The second-order valence-corrected chi connectivity index (χ2v) is 5.04. The van der Waals surface area contributed by atoms with E-state index in [1.54, 1.807) is 0 Å². The van der Waals surface area contributed by atoms with Crippen LogP contribution >= 0.6 is 0 Å². The van der Waals surface area contributed by atoms with E-state index in [4.69, 9.17) is 5.26 Å². The molecule has 2 N–H and O–H groups in total. The van der Waals surface area contributed by atoms with Crippen LogP contribution in [0.3, 0.4) is 0 Å². The van der Waals surface area contributed by atoms with E-state index in [0.717, 1.165) is 18.4 Å². The molecule has 1 heterocycles. The summed E-state index contributed by atoms with van der Waals surface area (Å²) in [7, 11) is 0. The van der Waals surface area contributed by atoms with Gasteiger partial charge in [-0.25, -0.2) is 0 Å². The second kappa shape index (κ2) is 6.76. The molecule has 4 heteroatoms. The lowest BCUT2D eigenvalue weighted by Crippen LogP contribution is -2.31. The van der Waals surface area contributed by atoms with Gasteiger partial charge in [-0.1, -0.05) is 18.2 Å². The molecule has 1 unspecified atom stereocenters. The summed E-state index contributed by atoms with van der Waals surface area (Å²) in [5, 5.41) is 12.6. The number of carbonyl (C=O) groups excluding carboxylic acids is 1. The zero-order valence-electron chi connectivity index (χ0n) is 11.6. The molecule has 0 aliphatic heterocycles. The molecule has 4 nitrogen and oxygen atoms in total. The smallest absolute Gasteiger partial charge is 0.220 e. The van der Waals surface area contributed by atoms with Gasteiger partial charge in [-0.3, -0.25) is 4.79 Å². The zero-order valence-corrected chi connectivity index (χ0v) is 11.6. The highest BCUT2D eigenvalue weighted by atomic mass is 16.1. The molecule has 20 heavy (non-hydrogen) atoms. The molecule has 0 spiro atoms. The predicted molar refractivity (Wildman–Crippen MR) is 79.1 cm³/mol. The predicted octanol–water partition coefficient (Wildman–Crippen LogP) is 2.91. The average Bonchev–Trinajstić information content (AvgIpc) is 2.82. The topological polar surface area (TPSA) is 68.7 Å². The molecule has 1 aromatic heterocycles. The van der Waals surface area contributed by atoms with Gasteiger partial charge in [-0.05, 0) is 31.4 Å². The van der Waals surface area contributed by atoms with Crippen LogP contribution < -0.4 is 5.32 Å². The van der Waals surface area contributed by atoms with Crippen LogP contribution in [0.15, 0.2) is 30.5 Å². The van der Waals surface area contributed by atoms with E-state index in [9.17, 15) is 4.79 Å². The van der Waals surface area contributed by atoms with Gasteiger partial charge in [0.15, 0.2) is 0 Å².